The van der Waals surface area contributed by atoms with E-state index in [2.05, 4.69) is 25.6 Å². The van der Waals surface area contributed by atoms with E-state index in [0.717, 1.165) is 28.8 Å². The third-order valence-electron chi connectivity index (χ3n) is 6.65. The maximum absolute atomic E-state index is 13.7. The molecule has 1 aliphatic rings. The van der Waals surface area contributed by atoms with Crippen LogP contribution in [-0.4, -0.2) is 51.9 Å². The molecule has 36 heavy (non-hydrogen) atoms. The van der Waals surface area contributed by atoms with Crippen LogP contribution in [0.5, 0.6) is 0 Å². The van der Waals surface area contributed by atoms with Crippen molar-refractivity contribution in [1.29, 1.82) is 0 Å². The number of carbonyl (C=O) groups is 1. The highest BCUT2D eigenvalue weighted by atomic mass is 19.1. The van der Waals surface area contributed by atoms with Gasteiger partial charge < -0.3 is 25.5 Å². The van der Waals surface area contributed by atoms with Crippen LogP contribution in [0.15, 0.2) is 47.4 Å². The van der Waals surface area contributed by atoms with Crippen LogP contribution in [0.2, 0.25) is 0 Å². The summed E-state index contributed by atoms with van der Waals surface area (Å²) in [5.74, 6) is 0.150. The van der Waals surface area contributed by atoms with Gasteiger partial charge in [0.1, 0.15) is 17.2 Å². The smallest absolute Gasteiger partial charge is 0.261 e. The first kappa shape index (κ1) is 23.7. The Morgan fingerprint density at radius 2 is 2.03 bits per heavy atom. The van der Waals surface area contributed by atoms with Gasteiger partial charge >= 0.3 is 0 Å². The molecule has 9 heteroatoms. The van der Waals surface area contributed by atoms with Crippen molar-refractivity contribution >= 4 is 22.6 Å². The van der Waals surface area contributed by atoms with Crippen LogP contribution in [0, 0.1) is 12.7 Å². The minimum atomic E-state index is -0.282. The number of fused-ring (bicyclic) bond motifs is 2. The van der Waals surface area contributed by atoms with Crippen molar-refractivity contribution in [3.8, 4) is 11.4 Å². The molecule has 2 aromatic heterocycles. The topological polar surface area (TPSA) is 106 Å². The Balaban J connectivity index is 1.44. The Morgan fingerprint density at radius 3 is 2.83 bits per heavy atom. The van der Waals surface area contributed by atoms with E-state index in [1.54, 1.807) is 30.5 Å². The summed E-state index contributed by atoms with van der Waals surface area (Å²) in [5, 5.41) is 6.47. The predicted molar refractivity (Wildman–Crippen MR) is 139 cm³/mol. The highest BCUT2D eigenvalue weighted by Crippen LogP contribution is 2.30. The zero-order chi connectivity index (χ0) is 25.4. The van der Waals surface area contributed by atoms with Gasteiger partial charge in [-0.3, -0.25) is 9.59 Å². The third kappa shape index (κ3) is 4.49. The number of nitrogens with zero attached hydrogens (tertiary/aromatic N) is 2. The molecule has 5 rings (SSSR count). The molecule has 4 aromatic rings. The molecule has 4 N–H and O–H groups in total. The number of likely N-dealkylation sites (N-methyl/N-ethyl adjacent to an activating group) is 1. The monoisotopic (exact) mass is 488 g/mol. The van der Waals surface area contributed by atoms with E-state index in [1.807, 2.05) is 31.9 Å². The third-order valence-corrected chi connectivity index (χ3v) is 6.65. The fourth-order valence-electron chi connectivity index (χ4n) is 4.77. The molecule has 1 unspecified atom stereocenters. The van der Waals surface area contributed by atoms with Crippen molar-refractivity contribution in [1.82, 2.24) is 25.2 Å². The summed E-state index contributed by atoms with van der Waals surface area (Å²) in [5.41, 5.74) is 5.65. The van der Waals surface area contributed by atoms with Gasteiger partial charge in [0.05, 0.1) is 16.7 Å². The summed E-state index contributed by atoms with van der Waals surface area (Å²) in [6.45, 7) is 5.86. The summed E-state index contributed by atoms with van der Waals surface area (Å²) in [6.07, 6.45) is 2.18. The maximum atomic E-state index is 13.7. The lowest BCUT2D eigenvalue weighted by atomic mass is 10.0. The zero-order valence-corrected chi connectivity index (χ0v) is 20.5. The number of halogens is 1. The van der Waals surface area contributed by atoms with Crippen LogP contribution in [0.3, 0.4) is 0 Å². The normalized spacial score (nSPS) is 13.9. The Kier molecular flexibility index (Phi) is 6.32. The molecule has 1 atom stereocenters. The minimum Gasteiger partial charge on any atom is -0.381 e. The second-order valence-corrected chi connectivity index (χ2v) is 9.36. The molecular formula is C27H29FN6O2. The number of imidazole rings is 1. The minimum absolute atomic E-state index is 0.00641. The second kappa shape index (κ2) is 9.58. The molecule has 1 aliphatic heterocycles. The average Bonchev–Trinajstić information content (AvgIpc) is 3.38. The van der Waals surface area contributed by atoms with Gasteiger partial charge in [0.25, 0.3) is 11.5 Å². The molecule has 0 bridgehead atoms. The number of amides is 1. The average molecular weight is 489 g/mol. The number of aromatic amines is 2. The Hall–Kier alpha value is -3.98. The fraction of sp³-hybridized carbons (Fsp3) is 0.296. The molecule has 1 amide bonds. The number of aromatic nitrogens is 3. The number of aryl methyl sites for hydroxylation is 1. The van der Waals surface area contributed by atoms with Gasteiger partial charge in [-0.1, -0.05) is 6.07 Å². The van der Waals surface area contributed by atoms with Crippen molar-refractivity contribution in [2.24, 2.45) is 0 Å². The van der Waals surface area contributed by atoms with Gasteiger partial charge in [-0.25, -0.2) is 9.37 Å². The first-order chi connectivity index (χ1) is 17.3. The van der Waals surface area contributed by atoms with Crippen LogP contribution < -0.4 is 16.2 Å². The summed E-state index contributed by atoms with van der Waals surface area (Å²) in [7, 11) is 1.86. The number of rotatable bonds is 8. The van der Waals surface area contributed by atoms with E-state index in [1.165, 1.54) is 6.07 Å². The van der Waals surface area contributed by atoms with Gasteiger partial charge in [0, 0.05) is 37.4 Å². The van der Waals surface area contributed by atoms with Crippen molar-refractivity contribution in [3.05, 3.63) is 81.0 Å². The molecule has 8 nitrogen and oxygen atoms in total. The zero-order valence-electron chi connectivity index (χ0n) is 20.5. The standard InChI is InChI=1S/C27H29FN6O2/c1-15-4-5-19(28)11-17(15)10-16(2)31-21-6-7-30-26(35)24(21)25-32-22-12-18-14-34(9-8-29-3)27(36)20(18)13-23(22)33-25/h4-7,11-13,16,29H,8-10,14H2,1-3H3,(H,32,33)(H2,30,31,35). The molecular weight excluding hydrogens is 459 g/mol. The summed E-state index contributed by atoms with van der Waals surface area (Å²) < 4.78 is 13.7. The highest BCUT2D eigenvalue weighted by Gasteiger charge is 2.28. The van der Waals surface area contributed by atoms with Gasteiger partial charge in [-0.05, 0) is 74.3 Å². The fourth-order valence-corrected chi connectivity index (χ4v) is 4.77. The summed E-state index contributed by atoms with van der Waals surface area (Å²) in [6, 6.07) is 10.2. The highest BCUT2D eigenvalue weighted by molar-refractivity contribution is 6.02. The van der Waals surface area contributed by atoms with Crippen molar-refractivity contribution in [2.45, 2.75) is 32.9 Å². The number of hydrogen-bond acceptors (Lipinski definition) is 5. The molecule has 0 spiro atoms. The number of pyridine rings is 1. The van der Waals surface area contributed by atoms with E-state index in [9.17, 15) is 14.0 Å². The molecule has 0 saturated carbocycles. The first-order valence-electron chi connectivity index (χ1n) is 12.0. The van der Waals surface area contributed by atoms with Crippen LogP contribution in [0.4, 0.5) is 10.1 Å². The van der Waals surface area contributed by atoms with Crippen LogP contribution >= 0.6 is 0 Å². The maximum Gasteiger partial charge on any atom is 0.261 e. The molecule has 2 aromatic carbocycles. The quantitative estimate of drug-likeness (QED) is 0.303. The molecule has 3 heterocycles. The largest absolute Gasteiger partial charge is 0.381 e. The van der Waals surface area contributed by atoms with Gasteiger partial charge in [0.15, 0.2) is 0 Å². The van der Waals surface area contributed by atoms with Crippen LogP contribution in [-0.2, 0) is 13.0 Å². The second-order valence-electron chi connectivity index (χ2n) is 9.36. The molecule has 186 valence electrons. The number of nitrogens with one attached hydrogen (secondary N) is 4. The Morgan fingerprint density at radius 1 is 1.19 bits per heavy atom. The van der Waals surface area contributed by atoms with E-state index >= 15 is 0 Å². The van der Waals surface area contributed by atoms with Gasteiger partial charge in [0.2, 0.25) is 0 Å². The predicted octanol–water partition coefficient (Wildman–Crippen LogP) is 3.58. The lowest BCUT2D eigenvalue weighted by Gasteiger charge is -2.18. The molecule has 0 saturated heterocycles. The van der Waals surface area contributed by atoms with Crippen LogP contribution in [0.1, 0.15) is 34.0 Å². The van der Waals surface area contributed by atoms with E-state index in [-0.39, 0.29) is 23.3 Å². The number of carbonyl (C=O) groups excluding carboxylic acids is 1. The Labute approximate surface area is 208 Å². The lowest BCUT2D eigenvalue weighted by molar-refractivity contribution is 0.0780. The van der Waals surface area contributed by atoms with Crippen molar-refractivity contribution < 1.29 is 9.18 Å². The van der Waals surface area contributed by atoms with Crippen molar-refractivity contribution in [3.63, 3.8) is 0 Å². The number of anilines is 1. The van der Waals surface area contributed by atoms with Crippen molar-refractivity contribution in [2.75, 3.05) is 25.5 Å². The van der Waals surface area contributed by atoms with E-state index in [4.69, 9.17) is 0 Å². The number of H-pyrrole nitrogens is 2. The van der Waals surface area contributed by atoms with E-state index in [0.29, 0.717) is 47.7 Å². The van der Waals surface area contributed by atoms with Crippen LogP contribution in [0.25, 0.3) is 22.4 Å². The SMILES string of the molecule is CNCCN1Cc2cc3[nH]c(-c4c(NC(C)Cc5cc(F)ccc5C)cc[nH]c4=O)nc3cc2C1=O. The van der Waals surface area contributed by atoms with E-state index < -0.39 is 0 Å². The number of benzene rings is 2. The molecule has 0 radical (unpaired) electrons. The molecule has 0 aliphatic carbocycles. The lowest BCUT2D eigenvalue weighted by Crippen LogP contribution is -2.30. The summed E-state index contributed by atoms with van der Waals surface area (Å²) in [4.78, 5) is 38.2. The first-order valence-corrected chi connectivity index (χ1v) is 12.0. The summed E-state index contributed by atoms with van der Waals surface area (Å²) >= 11 is 0. The van der Waals surface area contributed by atoms with Gasteiger partial charge in [-0.15, -0.1) is 0 Å². The Bertz CT molecular complexity index is 1510. The molecule has 0 fully saturated rings. The number of hydrogen-bond donors (Lipinski definition) is 4. The van der Waals surface area contributed by atoms with Gasteiger partial charge in [-0.2, -0.15) is 0 Å².